The average molecular weight is 219 g/mol. The van der Waals surface area contributed by atoms with Gasteiger partial charge in [0.05, 0.1) is 5.41 Å². The Bertz CT molecular complexity index is 431. The van der Waals surface area contributed by atoms with Crippen LogP contribution >= 0.6 is 0 Å². The molecule has 1 N–H and O–H groups in total. The second-order valence-corrected chi connectivity index (χ2v) is 5.51. The van der Waals surface area contributed by atoms with E-state index >= 15 is 0 Å². The number of amides is 1. The molecule has 2 fully saturated rings. The lowest BCUT2D eigenvalue weighted by atomic mass is 9.76. The van der Waals surface area contributed by atoms with Crippen LogP contribution in [0.5, 0.6) is 0 Å². The van der Waals surface area contributed by atoms with Crippen molar-refractivity contribution in [3.8, 4) is 0 Å². The molecule has 1 saturated carbocycles. The minimum absolute atomic E-state index is 0.0775. The molecule has 86 valence electrons. The highest BCUT2D eigenvalue weighted by Gasteiger charge is 2.50. The van der Waals surface area contributed by atoms with Crippen LogP contribution in [0.2, 0.25) is 0 Å². The third-order valence-electron chi connectivity index (χ3n) is 3.74. The number of nitrogens with one attached hydrogen (secondary N) is 1. The van der Waals surface area contributed by atoms with E-state index in [1.807, 2.05) is 26.2 Å². The Balaban J connectivity index is 1.83. The van der Waals surface area contributed by atoms with Crippen molar-refractivity contribution in [1.29, 1.82) is 0 Å². The van der Waals surface area contributed by atoms with Gasteiger partial charge in [-0.2, -0.15) is 0 Å². The number of hydrogen-bond donors (Lipinski definition) is 1. The third kappa shape index (κ3) is 1.36. The normalized spacial score (nSPS) is 27.4. The predicted octanol–water partition coefficient (Wildman–Crippen LogP) is 1.49. The fourth-order valence-corrected chi connectivity index (χ4v) is 2.25. The van der Waals surface area contributed by atoms with Gasteiger partial charge >= 0.3 is 0 Å². The van der Waals surface area contributed by atoms with E-state index < -0.39 is 0 Å². The SMILES string of the molecule is CC1(C)C(=O)N[C@@H]1c1nccn1CC1CC1. The molecular formula is C12H17N3O. The van der Waals surface area contributed by atoms with Gasteiger partial charge in [-0.05, 0) is 32.6 Å². The van der Waals surface area contributed by atoms with Crippen molar-refractivity contribution in [2.75, 3.05) is 0 Å². The second kappa shape index (κ2) is 3.09. The standard InChI is InChI=1S/C12H17N3O/c1-12(2)9(14-11(12)16)10-13-5-6-15(10)7-8-3-4-8/h5-6,8-9H,3-4,7H2,1-2H3,(H,14,16)/t9-/m1/s1. The smallest absolute Gasteiger partial charge is 0.228 e. The number of rotatable bonds is 3. The first-order valence-corrected chi connectivity index (χ1v) is 5.91. The van der Waals surface area contributed by atoms with Gasteiger partial charge in [0, 0.05) is 18.9 Å². The van der Waals surface area contributed by atoms with Crippen molar-refractivity contribution < 1.29 is 4.79 Å². The molecule has 4 heteroatoms. The molecule has 16 heavy (non-hydrogen) atoms. The van der Waals surface area contributed by atoms with E-state index in [-0.39, 0.29) is 17.4 Å². The van der Waals surface area contributed by atoms with E-state index in [4.69, 9.17) is 0 Å². The van der Waals surface area contributed by atoms with Crippen LogP contribution in [0.4, 0.5) is 0 Å². The summed E-state index contributed by atoms with van der Waals surface area (Å²) in [5, 5.41) is 2.95. The van der Waals surface area contributed by atoms with E-state index in [0.717, 1.165) is 18.3 Å². The van der Waals surface area contributed by atoms with E-state index in [1.165, 1.54) is 12.8 Å². The molecule has 2 aliphatic rings. The molecule has 0 aromatic carbocycles. The molecule has 1 aliphatic heterocycles. The summed E-state index contributed by atoms with van der Waals surface area (Å²) in [7, 11) is 0. The van der Waals surface area contributed by atoms with Crippen LogP contribution in [-0.2, 0) is 11.3 Å². The van der Waals surface area contributed by atoms with Crippen LogP contribution in [0.25, 0.3) is 0 Å². The Morgan fingerprint density at radius 2 is 2.31 bits per heavy atom. The molecule has 0 unspecified atom stereocenters. The Kier molecular flexibility index (Phi) is 1.91. The van der Waals surface area contributed by atoms with Crippen LogP contribution < -0.4 is 5.32 Å². The van der Waals surface area contributed by atoms with Crippen LogP contribution in [0, 0.1) is 11.3 Å². The van der Waals surface area contributed by atoms with E-state index in [2.05, 4.69) is 14.9 Å². The second-order valence-electron chi connectivity index (χ2n) is 5.51. The van der Waals surface area contributed by atoms with Gasteiger partial charge in [0.15, 0.2) is 0 Å². The molecule has 0 radical (unpaired) electrons. The number of β-lactam (4-membered cyclic amide) rings is 1. The summed E-state index contributed by atoms with van der Waals surface area (Å²) in [6.45, 7) is 5.01. The zero-order valence-corrected chi connectivity index (χ0v) is 9.73. The van der Waals surface area contributed by atoms with Crippen LogP contribution in [0.3, 0.4) is 0 Å². The third-order valence-corrected chi connectivity index (χ3v) is 3.74. The number of imidazole rings is 1. The summed E-state index contributed by atoms with van der Waals surface area (Å²) in [5.74, 6) is 1.96. The molecule has 1 aliphatic carbocycles. The average Bonchev–Trinajstić information content (AvgIpc) is 2.94. The minimum Gasteiger partial charge on any atom is -0.345 e. The number of hydrogen-bond acceptors (Lipinski definition) is 2. The van der Waals surface area contributed by atoms with Crippen molar-refractivity contribution >= 4 is 5.91 Å². The largest absolute Gasteiger partial charge is 0.345 e. The van der Waals surface area contributed by atoms with E-state index in [9.17, 15) is 4.79 Å². The minimum atomic E-state index is -0.313. The van der Waals surface area contributed by atoms with Gasteiger partial charge in [-0.15, -0.1) is 0 Å². The lowest BCUT2D eigenvalue weighted by Gasteiger charge is -2.43. The fraction of sp³-hybridized carbons (Fsp3) is 0.667. The maximum atomic E-state index is 11.5. The quantitative estimate of drug-likeness (QED) is 0.783. The van der Waals surface area contributed by atoms with Crippen molar-refractivity contribution in [2.45, 2.75) is 39.3 Å². The van der Waals surface area contributed by atoms with Gasteiger partial charge in [-0.3, -0.25) is 4.79 Å². The van der Waals surface area contributed by atoms with E-state index in [0.29, 0.717) is 0 Å². The number of carbonyl (C=O) groups is 1. The summed E-state index contributed by atoms with van der Waals surface area (Å²) in [6, 6.07) is 0.0775. The topological polar surface area (TPSA) is 46.9 Å². The van der Waals surface area contributed by atoms with Crippen molar-refractivity contribution in [2.24, 2.45) is 11.3 Å². The summed E-state index contributed by atoms with van der Waals surface area (Å²) in [4.78, 5) is 15.9. The lowest BCUT2D eigenvalue weighted by molar-refractivity contribution is -0.143. The van der Waals surface area contributed by atoms with Crippen LogP contribution in [0.15, 0.2) is 12.4 Å². The molecule has 3 rings (SSSR count). The van der Waals surface area contributed by atoms with Gasteiger partial charge in [0.1, 0.15) is 11.9 Å². The number of aromatic nitrogens is 2. The molecule has 1 amide bonds. The Morgan fingerprint density at radius 3 is 2.88 bits per heavy atom. The molecule has 2 heterocycles. The van der Waals surface area contributed by atoms with Gasteiger partial charge in [0.25, 0.3) is 0 Å². The predicted molar refractivity (Wildman–Crippen MR) is 59.6 cm³/mol. The first-order valence-electron chi connectivity index (χ1n) is 5.91. The fourth-order valence-electron chi connectivity index (χ4n) is 2.25. The van der Waals surface area contributed by atoms with Crippen LogP contribution in [0.1, 0.15) is 38.6 Å². The molecule has 1 aromatic heterocycles. The number of nitrogens with zero attached hydrogens (tertiary/aromatic N) is 2. The molecule has 0 spiro atoms. The van der Waals surface area contributed by atoms with Crippen molar-refractivity contribution in [3.05, 3.63) is 18.2 Å². The van der Waals surface area contributed by atoms with Crippen molar-refractivity contribution in [1.82, 2.24) is 14.9 Å². The Hall–Kier alpha value is -1.32. The molecule has 4 nitrogen and oxygen atoms in total. The summed E-state index contributed by atoms with van der Waals surface area (Å²) >= 11 is 0. The van der Waals surface area contributed by atoms with Crippen molar-refractivity contribution in [3.63, 3.8) is 0 Å². The first-order chi connectivity index (χ1) is 7.59. The molecule has 1 atom stereocenters. The maximum Gasteiger partial charge on any atom is 0.228 e. The van der Waals surface area contributed by atoms with Gasteiger partial charge < -0.3 is 9.88 Å². The highest BCUT2D eigenvalue weighted by Crippen LogP contribution is 2.41. The molecular weight excluding hydrogens is 202 g/mol. The van der Waals surface area contributed by atoms with Gasteiger partial charge in [-0.25, -0.2) is 4.98 Å². The van der Waals surface area contributed by atoms with Gasteiger partial charge in [-0.1, -0.05) is 0 Å². The molecule has 1 saturated heterocycles. The van der Waals surface area contributed by atoms with Crippen LogP contribution in [-0.4, -0.2) is 15.5 Å². The summed E-state index contributed by atoms with van der Waals surface area (Å²) in [6.07, 6.45) is 6.52. The maximum absolute atomic E-state index is 11.5. The molecule has 0 bridgehead atoms. The highest BCUT2D eigenvalue weighted by molar-refractivity contribution is 5.89. The Labute approximate surface area is 95.1 Å². The van der Waals surface area contributed by atoms with E-state index in [1.54, 1.807) is 0 Å². The zero-order valence-electron chi connectivity index (χ0n) is 9.73. The zero-order chi connectivity index (χ0) is 11.3. The lowest BCUT2D eigenvalue weighted by Crippen LogP contribution is -2.58. The molecule has 1 aromatic rings. The van der Waals surface area contributed by atoms with Gasteiger partial charge in [0.2, 0.25) is 5.91 Å². The summed E-state index contributed by atoms with van der Waals surface area (Å²) < 4.78 is 2.20. The first kappa shape index (κ1) is 9.87. The summed E-state index contributed by atoms with van der Waals surface area (Å²) in [5.41, 5.74) is -0.313. The Morgan fingerprint density at radius 1 is 1.56 bits per heavy atom. The monoisotopic (exact) mass is 219 g/mol. The number of carbonyl (C=O) groups excluding carboxylic acids is 1. The highest BCUT2D eigenvalue weighted by atomic mass is 16.2.